The maximum Gasteiger partial charge on any atom is 0.335 e. The molecule has 17 heavy (non-hydrogen) atoms. The van der Waals surface area contributed by atoms with Crippen LogP contribution in [0.15, 0.2) is 22.7 Å². The van der Waals surface area contributed by atoms with Gasteiger partial charge in [0.2, 0.25) is 0 Å². The highest BCUT2D eigenvalue weighted by molar-refractivity contribution is 9.10. The van der Waals surface area contributed by atoms with Gasteiger partial charge in [-0.2, -0.15) is 0 Å². The van der Waals surface area contributed by atoms with Gasteiger partial charge in [0.05, 0.1) is 10.0 Å². The standard InChI is InChI=1S/C10H7BrN2O3S/c1-5-12-13-10(17-5)16-8-4-6(9(14)15)2-3-7(8)11/h2-4H,1H3,(H,14,15). The summed E-state index contributed by atoms with van der Waals surface area (Å²) >= 11 is 4.58. The predicted octanol–water partition coefficient (Wildman–Crippen LogP) is 3.10. The topological polar surface area (TPSA) is 72.3 Å². The molecule has 5 nitrogen and oxygen atoms in total. The summed E-state index contributed by atoms with van der Waals surface area (Å²) in [6, 6.07) is 4.54. The van der Waals surface area contributed by atoms with Gasteiger partial charge in [0.15, 0.2) is 0 Å². The Morgan fingerprint density at radius 3 is 2.82 bits per heavy atom. The van der Waals surface area contributed by atoms with Crippen LogP contribution < -0.4 is 4.74 Å². The zero-order valence-corrected chi connectivity index (χ0v) is 11.1. The molecule has 1 heterocycles. The molecule has 0 bridgehead atoms. The first-order chi connectivity index (χ1) is 8.06. The molecule has 0 radical (unpaired) electrons. The molecule has 0 spiro atoms. The van der Waals surface area contributed by atoms with Crippen LogP contribution >= 0.6 is 27.3 Å². The van der Waals surface area contributed by atoms with Crippen molar-refractivity contribution in [3.63, 3.8) is 0 Å². The van der Waals surface area contributed by atoms with Gasteiger partial charge in [0, 0.05) is 0 Å². The van der Waals surface area contributed by atoms with Crippen LogP contribution in [-0.4, -0.2) is 21.3 Å². The van der Waals surface area contributed by atoms with Gasteiger partial charge < -0.3 is 9.84 Å². The van der Waals surface area contributed by atoms with Crippen LogP contribution in [0.5, 0.6) is 10.9 Å². The summed E-state index contributed by atoms with van der Waals surface area (Å²) in [6.07, 6.45) is 0. The maximum atomic E-state index is 10.8. The number of aromatic carboxylic acids is 1. The molecule has 1 aromatic carbocycles. The molecule has 0 atom stereocenters. The SMILES string of the molecule is Cc1nnc(Oc2cc(C(=O)O)ccc2Br)s1. The molecule has 7 heteroatoms. The smallest absolute Gasteiger partial charge is 0.335 e. The molecular weight excluding hydrogens is 308 g/mol. The highest BCUT2D eigenvalue weighted by Crippen LogP contribution is 2.31. The van der Waals surface area contributed by atoms with Crippen LogP contribution in [0.1, 0.15) is 15.4 Å². The van der Waals surface area contributed by atoms with Crippen LogP contribution in [0.3, 0.4) is 0 Å². The summed E-state index contributed by atoms with van der Waals surface area (Å²) in [5, 5.41) is 17.7. The largest absolute Gasteiger partial charge is 0.478 e. The van der Waals surface area contributed by atoms with Crippen molar-refractivity contribution in [2.75, 3.05) is 0 Å². The maximum absolute atomic E-state index is 10.8. The Balaban J connectivity index is 2.31. The van der Waals surface area contributed by atoms with E-state index in [2.05, 4.69) is 26.1 Å². The Hall–Kier alpha value is -1.47. The Kier molecular flexibility index (Phi) is 3.39. The van der Waals surface area contributed by atoms with Gasteiger partial charge in [0.25, 0.3) is 5.19 Å². The first-order valence-electron chi connectivity index (χ1n) is 4.57. The van der Waals surface area contributed by atoms with E-state index < -0.39 is 5.97 Å². The second kappa shape index (κ2) is 4.80. The normalized spacial score (nSPS) is 10.2. The Morgan fingerprint density at radius 1 is 1.47 bits per heavy atom. The lowest BCUT2D eigenvalue weighted by Gasteiger charge is -2.04. The highest BCUT2D eigenvalue weighted by atomic mass is 79.9. The third-order valence-corrected chi connectivity index (χ3v) is 3.25. The van der Waals surface area contributed by atoms with Crippen molar-refractivity contribution < 1.29 is 14.6 Å². The minimum atomic E-state index is -1.00. The molecular formula is C10H7BrN2O3S. The molecule has 0 unspecified atom stereocenters. The number of rotatable bonds is 3. The van der Waals surface area contributed by atoms with Crippen LogP contribution in [0.4, 0.5) is 0 Å². The average Bonchev–Trinajstić information content (AvgIpc) is 2.67. The van der Waals surface area contributed by atoms with Crippen molar-refractivity contribution >= 4 is 33.2 Å². The number of hydrogen-bond donors (Lipinski definition) is 1. The molecule has 2 aromatic rings. The van der Waals surface area contributed by atoms with Crippen molar-refractivity contribution in [2.24, 2.45) is 0 Å². The van der Waals surface area contributed by atoms with E-state index in [9.17, 15) is 4.79 Å². The second-order valence-corrected chi connectivity index (χ2v) is 5.14. The van der Waals surface area contributed by atoms with Crippen molar-refractivity contribution in [3.05, 3.63) is 33.2 Å². The molecule has 2 rings (SSSR count). The van der Waals surface area contributed by atoms with E-state index in [0.29, 0.717) is 15.4 Å². The molecule has 1 N–H and O–H groups in total. The molecule has 0 aliphatic carbocycles. The fourth-order valence-electron chi connectivity index (χ4n) is 1.13. The van der Waals surface area contributed by atoms with Gasteiger partial charge in [-0.3, -0.25) is 0 Å². The Labute approximate surface area is 109 Å². The highest BCUT2D eigenvalue weighted by Gasteiger charge is 2.10. The number of nitrogens with zero attached hydrogens (tertiary/aromatic N) is 2. The van der Waals surface area contributed by atoms with E-state index in [4.69, 9.17) is 9.84 Å². The van der Waals surface area contributed by atoms with Crippen molar-refractivity contribution in [3.8, 4) is 10.9 Å². The van der Waals surface area contributed by atoms with Gasteiger partial charge in [-0.05, 0) is 41.1 Å². The van der Waals surface area contributed by atoms with Crippen LogP contribution in [0, 0.1) is 6.92 Å². The third-order valence-electron chi connectivity index (χ3n) is 1.88. The van der Waals surface area contributed by atoms with Crippen LogP contribution in [0.25, 0.3) is 0 Å². The van der Waals surface area contributed by atoms with Gasteiger partial charge in [-0.1, -0.05) is 16.4 Å². The van der Waals surface area contributed by atoms with E-state index in [-0.39, 0.29) is 5.56 Å². The number of hydrogen-bond acceptors (Lipinski definition) is 5. The number of aromatic nitrogens is 2. The molecule has 0 fully saturated rings. The monoisotopic (exact) mass is 314 g/mol. The number of carbonyl (C=O) groups is 1. The van der Waals surface area contributed by atoms with Gasteiger partial charge >= 0.3 is 5.97 Å². The van der Waals surface area contributed by atoms with Gasteiger partial charge in [-0.15, -0.1) is 5.10 Å². The van der Waals surface area contributed by atoms with E-state index in [1.807, 2.05) is 6.92 Å². The van der Waals surface area contributed by atoms with Gasteiger partial charge in [-0.25, -0.2) is 4.79 Å². The van der Waals surface area contributed by atoms with E-state index in [1.165, 1.54) is 23.5 Å². The van der Waals surface area contributed by atoms with E-state index in [0.717, 1.165) is 5.01 Å². The number of aryl methyl sites for hydroxylation is 1. The Morgan fingerprint density at radius 2 is 2.24 bits per heavy atom. The lowest BCUT2D eigenvalue weighted by atomic mass is 10.2. The zero-order valence-electron chi connectivity index (χ0n) is 8.68. The third kappa shape index (κ3) is 2.80. The van der Waals surface area contributed by atoms with Crippen molar-refractivity contribution in [1.29, 1.82) is 0 Å². The first kappa shape index (κ1) is 12.0. The number of carboxylic acids is 1. The molecule has 0 saturated heterocycles. The van der Waals surface area contributed by atoms with E-state index in [1.54, 1.807) is 6.07 Å². The summed E-state index contributed by atoms with van der Waals surface area (Å²) in [5.74, 6) is -0.600. The Bertz CT molecular complexity index is 570. The quantitative estimate of drug-likeness (QED) is 0.942. The minimum absolute atomic E-state index is 0.157. The number of carboxylic acid groups (broad SMARTS) is 1. The van der Waals surface area contributed by atoms with E-state index >= 15 is 0 Å². The van der Waals surface area contributed by atoms with Crippen molar-refractivity contribution in [2.45, 2.75) is 6.92 Å². The summed E-state index contributed by atoms with van der Waals surface area (Å²) in [6.45, 7) is 1.81. The van der Waals surface area contributed by atoms with Crippen LogP contribution in [0.2, 0.25) is 0 Å². The average molecular weight is 315 g/mol. The molecule has 0 amide bonds. The van der Waals surface area contributed by atoms with Crippen LogP contribution in [-0.2, 0) is 0 Å². The molecule has 0 aliphatic rings. The fourth-order valence-corrected chi connectivity index (χ4v) is 2.00. The minimum Gasteiger partial charge on any atom is -0.478 e. The summed E-state index contributed by atoms with van der Waals surface area (Å²) in [7, 11) is 0. The molecule has 0 saturated carbocycles. The number of benzene rings is 1. The molecule has 1 aromatic heterocycles. The second-order valence-electron chi connectivity index (χ2n) is 3.14. The summed E-state index contributed by atoms with van der Waals surface area (Å²) in [5.41, 5.74) is 0.157. The lowest BCUT2D eigenvalue weighted by Crippen LogP contribution is -1.96. The predicted molar refractivity (Wildman–Crippen MR) is 65.8 cm³/mol. The lowest BCUT2D eigenvalue weighted by molar-refractivity contribution is 0.0696. The van der Waals surface area contributed by atoms with Crippen molar-refractivity contribution in [1.82, 2.24) is 10.2 Å². The fraction of sp³-hybridized carbons (Fsp3) is 0.100. The summed E-state index contributed by atoms with van der Waals surface area (Å²) < 4.78 is 6.12. The number of ether oxygens (including phenoxy) is 1. The molecule has 88 valence electrons. The van der Waals surface area contributed by atoms with Gasteiger partial charge in [0.1, 0.15) is 10.8 Å². The first-order valence-corrected chi connectivity index (χ1v) is 6.18. The zero-order chi connectivity index (χ0) is 12.4. The summed E-state index contributed by atoms with van der Waals surface area (Å²) in [4.78, 5) is 10.8. The molecule has 0 aliphatic heterocycles. The number of halogens is 1.